The van der Waals surface area contributed by atoms with E-state index in [2.05, 4.69) is 15.9 Å². The molecule has 0 nitrogen and oxygen atoms in total. The van der Waals surface area contributed by atoms with E-state index in [1.807, 2.05) is 0 Å². The van der Waals surface area contributed by atoms with Gasteiger partial charge in [0.1, 0.15) is 5.82 Å². The molecule has 0 aliphatic rings. The van der Waals surface area contributed by atoms with Crippen molar-refractivity contribution < 1.29 is 17.6 Å². The fraction of sp³-hybridized carbons (Fsp3) is 0.167. The summed E-state index contributed by atoms with van der Waals surface area (Å²) in [7, 11) is 0. The van der Waals surface area contributed by atoms with E-state index in [0.717, 1.165) is 17.4 Å². The highest BCUT2D eigenvalue weighted by molar-refractivity contribution is 9.11. The van der Waals surface area contributed by atoms with Crippen LogP contribution in [-0.2, 0) is 6.18 Å². The lowest BCUT2D eigenvalue weighted by Gasteiger charge is -2.13. The number of alkyl halides is 4. The van der Waals surface area contributed by atoms with E-state index in [-0.39, 0.29) is 5.56 Å². The van der Waals surface area contributed by atoms with E-state index in [1.54, 1.807) is 0 Å². The minimum absolute atomic E-state index is 0.230. The highest BCUT2D eigenvalue weighted by Crippen LogP contribution is 2.42. The Balaban J connectivity index is 2.46. The second-order valence-corrected chi connectivity index (χ2v) is 7.11. The van der Waals surface area contributed by atoms with Crippen LogP contribution >= 0.6 is 50.5 Å². The van der Waals surface area contributed by atoms with Gasteiger partial charge in [0.05, 0.1) is 19.7 Å². The van der Waals surface area contributed by atoms with E-state index in [4.69, 9.17) is 23.2 Å². The fourth-order valence-corrected chi connectivity index (χ4v) is 3.66. The molecule has 0 aliphatic heterocycles. The maximum Gasteiger partial charge on any atom is 0.416 e. The van der Waals surface area contributed by atoms with Gasteiger partial charge in [0.2, 0.25) is 0 Å². The zero-order chi connectivity index (χ0) is 15.1. The van der Waals surface area contributed by atoms with Gasteiger partial charge in [0, 0.05) is 10.4 Å². The molecule has 0 N–H and O–H groups in total. The van der Waals surface area contributed by atoms with Crippen molar-refractivity contribution in [3.63, 3.8) is 0 Å². The van der Waals surface area contributed by atoms with Crippen LogP contribution in [0.1, 0.15) is 21.4 Å². The number of halogens is 7. The first kappa shape index (κ1) is 16.1. The molecule has 0 spiro atoms. The summed E-state index contributed by atoms with van der Waals surface area (Å²) in [5.41, 5.74) is -1.17. The predicted octanol–water partition coefficient (Wildman–Crippen LogP) is 6.65. The van der Waals surface area contributed by atoms with Gasteiger partial charge in [-0.05, 0) is 40.2 Å². The van der Waals surface area contributed by atoms with Gasteiger partial charge in [-0.2, -0.15) is 13.2 Å². The number of hydrogen-bond acceptors (Lipinski definition) is 1. The summed E-state index contributed by atoms with van der Waals surface area (Å²) in [5, 5.41) is -0.658. The lowest BCUT2D eigenvalue weighted by atomic mass is 10.1. The largest absolute Gasteiger partial charge is 0.416 e. The summed E-state index contributed by atoms with van der Waals surface area (Å²) in [6.45, 7) is 0. The van der Waals surface area contributed by atoms with E-state index in [0.29, 0.717) is 25.8 Å². The van der Waals surface area contributed by atoms with E-state index in [9.17, 15) is 17.6 Å². The molecule has 1 heterocycles. The van der Waals surface area contributed by atoms with Crippen LogP contribution in [0.15, 0.2) is 28.1 Å². The Kier molecular flexibility index (Phi) is 4.69. The molecule has 1 aromatic carbocycles. The van der Waals surface area contributed by atoms with E-state index < -0.39 is 22.9 Å². The van der Waals surface area contributed by atoms with Crippen LogP contribution in [0.2, 0.25) is 5.02 Å². The number of benzene rings is 1. The maximum absolute atomic E-state index is 13.7. The maximum atomic E-state index is 13.7. The van der Waals surface area contributed by atoms with Gasteiger partial charge < -0.3 is 0 Å². The summed E-state index contributed by atoms with van der Waals surface area (Å²) < 4.78 is 52.2. The Morgan fingerprint density at radius 2 is 1.85 bits per heavy atom. The number of thiophene rings is 1. The first-order valence-corrected chi connectivity index (χ1v) is 7.58. The standard InChI is InChI=1S/C12H5BrCl2F4S/c13-11-7(14)4-9(20-11)10(15)6-3-5(12(17,18)19)1-2-8(6)16/h1-4,10H. The Bertz CT molecular complexity index is 619. The molecule has 0 radical (unpaired) electrons. The predicted molar refractivity (Wildman–Crippen MR) is 76.1 cm³/mol. The summed E-state index contributed by atoms with van der Waals surface area (Å²) in [5.74, 6) is -0.793. The van der Waals surface area contributed by atoms with Crippen LogP contribution in [-0.4, -0.2) is 0 Å². The van der Waals surface area contributed by atoms with Crippen LogP contribution in [0, 0.1) is 5.82 Å². The summed E-state index contributed by atoms with van der Waals surface area (Å²) in [6.07, 6.45) is -4.55. The SMILES string of the molecule is Fc1ccc(C(F)(F)F)cc1C(Cl)c1cc(Cl)c(Br)s1. The quantitative estimate of drug-likeness (QED) is 0.386. The molecule has 1 aromatic heterocycles. The van der Waals surface area contributed by atoms with Crippen LogP contribution in [0.4, 0.5) is 17.6 Å². The average Bonchev–Trinajstić information content (AvgIpc) is 2.68. The molecule has 20 heavy (non-hydrogen) atoms. The molecule has 1 unspecified atom stereocenters. The molecule has 8 heteroatoms. The highest BCUT2D eigenvalue weighted by atomic mass is 79.9. The monoisotopic (exact) mass is 406 g/mol. The smallest absolute Gasteiger partial charge is 0.207 e. The third kappa shape index (κ3) is 3.30. The minimum Gasteiger partial charge on any atom is -0.207 e. The molecule has 0 saturated carbocycles. The Hall–Kier alpha value is -0.300. The summed E-state index contributed by atoms with van der Waals surface area (Å²) in [6, 6.07) is 3.65. The van der Waals surface area contributed by atoms with Gasteiger partial charge in [-0.25, -0.2) is 4.39 Å². The topological polar surface area (TPSA) is 0 Å². The molecule has 0 fully saturated rings. The van der Waals surface area contributed by atoms with Crippen LogP contribution < -0.4 is 0 Å². The first-order valence-electron chi connectivity index (χ1n) is 5.15. The van der Waals surface area contributed by atoms with Crippen molar-refractivity contribution in [1.29, 1.82) is 0 Å². The molecule has 2 aromatic rings. The lowest BCUT2D eigenvalue weighted by molar-refractivity contribution is -0.137. The van der Waals surface area contributed by atoms with Crippen LogP contribution in [0.3, 0.4) is 0 Å². The Morgan fingerprint density at radius 1 is 1.20 bits per heavy atom. The lowest BCUT2D eigenvalue weighted by Crippen LogP contribution is -2.07. The highest BCUT2D eigenvalue weighted by Gasteiger charge is 2.32. The Labute approximate surface area is 134 Å². The van der Waals surface area contributed by atoms with E-state index >= 15 is 0 Å². The molecule has 2 rings (SSSR count). The van der Waals surface area contributed by atoms with Gasteiger partial charge >= 0.3 is 6.18 Å². The van der Waals surface area contributed by atoms with Gasteiger partial charge in [0.25, 0.3) is 0 Å². The van der Waals surface area contributed by atoms with Crippen molar-refractivity contribution in [2.45, 2.75) is 11.6 Å². The molecule has 0 aliphatic carbocycles. The third-order valence-corrected chi connectivity index (χ3v) is 5.65. The molecular formula is C12H5BrCl2F4S. The van der Waals surface area contributed by atoms with Gasteiger partial charge in [0.15, 0.2) is 0 Å². The zero-order valence-corrected chi connectivity index (χ0v) is 13.4. The molecule has 0 bridgehead atoms. The van der Waals surface area contributed by atoms with E-state index in [1.165, 1.54) is 6.07 Å². The van der Waals surface area contributed by atoms with Crippen molar-refractivity contribution in [3.8, 4) is 0 Å². The Morgan fingerprint density at radius 3 is 2.35 bits per heavy atom. The van der Waals surface area contributed by atoms with Crippen molar-refractivity contribution in [2.75, 3.05) is 0 Å². The normalized spacial score (nSPS) is 13.6. The number of rotatable bonds is 2. The third-order valence-electron chi connectivity index (χ3n) is 2.51. The first-order chi connectivity index (χ1) is 9.20. The molecule has 108 valence electrons. The van der Waals surface area contributed by atoms with Crippen molar-refractivity contribution in [2.24, 2.45) is 0 Å². The van der Waals surface area contributed by atoms with Crippen molar-refractivity contribution in [1.82, 2.24) is 0 Å². The number of hydrogen-bond donors (Lipinski definition) is 0. The zero-order valence-electron chi connectivity index (χ0n) is 9.44. The summed E-state index contributed by atoms with van der Waals surface area (Å²) >= 11 is 16.2. The van der Waals surface area contributed by atoms with Gasteiger partial charge in [-0.3, -0.25) is 0 Å². The second kappa shape index (κ2) is 5.83. The minimum atomic E-state index is -4.55. The van der Waals surface area contributed by atoms with Crippen LogP contribution in [0.5, 0.6) is 0 Å². The summed E-state index contributed by atoms with van der Waals surface area (Å²) in [4.78, 5) is 0.460. The molecule has 0 amide bonds. The van der Waals surface area contributed by atoms with Crippen LogP contribution in [0.25, 0.3) is 0 Å². The van der Waals surface area contributed by atoms with Gasteiger partial charge in [-0.15, -0.1) is 22.9 Å². The van der Waals surface area contributed by atoms with Gasteiger partial charge in [-0.1, -0.05) is 11.6 Å². The second-order valence-electron chi connectivity index (χ2n) is 3.87. The van der Waals surface area contributed by atoms with Crippen molar-refractivity contribution in [3.05, 3.63) is 54.9 Å². The molecular weight excluding hydrogens is 403 g/mol. The molecule has 1 atom stereocenters. The fourth-order valence-electron chi connectivity index (χ4n) is 1.56. The average molecular weight is 408 g/mol. The van der Waals surface area contributed by atoms with Crippen molar-refractivity contribution >= 4 is 50.5 Å². The molecule has 0 saturated heterocycles.